The predicted molar refractivity (Wildman–Crippen MR) is 153 cm³/mol. The molecule has 1 fully saturated rings. The maximum Gasteiger partial charge on any atom is 0.341 e. The molecule has 1 aliphatic rings. The summed E-state index contributed by atoms with van der Waals surface area (Å²) in [5, 5.41) is 10.1. The number of allylic oxidation sites excluding steroid dienone is 1. The highest BCUT2D eigenvalue weighted by atomic mass is 19.2. The van der Waals surface area contributed by atoms with Gasteiger partial charge < -0.3 is 14.6 Å². The van der Waals surface area contributed by atoms with Gasteiger partial charge in [0.15, 0.2) is 11.6 Å². The molecule has 0 saturated heterocycles. The first-order valence-electron chi connectivity index (χ1n) is 14.3. The summed E-state index contributed by atoms with van der Waals surface area (Å²) in [6, 6.07) is 14.1. The topological polar surface area (TPSA) is 55.8 Å². The summed E-state index contributed by atoms with van der Waals surface area (Å²) in [7, 11) is 0. The van der Waals surface area contributed by atoms with Gasteiger partial charge in [-0.2, -0.15) is 0 Å². The summed E-state index contributed by atoms with van der Waals surface area (Å²) in [4.78, 5) is 12.7. The molecule has 4 nitrogen and oxygen atoms in total. The second kappa shape index (κ2) is 14.4. The van der Waals surface area contributed by atoms with Crippen molar-refractivity contribution in [3.63, 3.8) is 0 Å². The molecule has 7 heteroatoms. The Kier molecular flexibility index (Phi) is 10.6. The molecular weight excluding hydrogens is 529 g/mol. The Morgan fingerprint density at radius 2 is 1.76 bits per heavy atom. The lowest BCUT2D eigenvalue weighted by molar-refractivity contribution is 0.0188. The zero-order chi connectivity index (χ0) is 29.4. The number of hydrogen-bond acceptors (Lipinski definition) is 4. The maximum atomic E-state index is 15.0. The number of aliphatic hydroxyl groups excluding tert-OH is 1. The van der Waals surface area contributed by atoms with Crippen LogP contribution in [0.15, 0.2) is 67.3 Å². The van der Waals surface area contributed by atoms with E-state index >= 15 is 0 Å². The van der Waals surface area contributed by atoms with Crippen LogP contribution in [0.3, 0.4) is 0 Å². The second-order valence-corrected chi connectivity index (χ2v) is 10.6. The van der Waals surface area contributed by atoms with E-state index in [1.165, 1.54) is 18.2 Å². The number of aliphatic hydroxyl groups is 1. The van der Waals surface area contributed by atoms with Crippen LogP contribution in [0.5, 0.6) is 5.75 Å². The van der Waals surface area contributed by atoms with E-state index in [1.54, 1.807) is 36.4 Å². The maximum absolute atomic E-state index is 15.0. The van der Waals surface area contributed by atoms with Crippen LogP contribution in [0.4, 0.5) is 13.2 Å². The van der Waals surface area contributed by atoms with E-state index in [2.05, 4.69) is 6.58 Å². The predicted octanol–water partition coefficient (Wildman–Crippen LogP) is 8.83. The normalized spacial score (nSPS) is 17.6. The van der Waals surface area contributed by atoms with Crippen molar-refractivity contribution < 1.29 is 32.5 Å². The number of unbranched alkanes of at least 4 members (excludes halogenated alkanes) is 1. The summed E-state index contributed by atoms with van der Waals surface area (Å²) >= 11 is 0. The smallest absolute Gasteiger partial charge is 0.341 e. The molecule has 0 amide bonds. The van der Waals surface area contributed by atoms with Gasteiger partial charge in [-0.15, -0.1) is 6.58 Å². The molecule has 0 heterocycles. The molecule has 0 aromatic heterocycles. The summed E-state index contributed by atoms with van der Waals surface area (Å²) in [6.07, 6.45) is 6.02. The molecule has 1 N–H and O–H groups in total. The van der Waals surface area contributed by atoms with E-state index < -0.39 is 35.4 Å². The van der Waals surface area contributed by atoms with Gasteiger partial charge in [-0.05, 0) is 79.7 Å². The fourth-order valence-electron chi connectivity index (χ4n) is 5.31. The van der Waals surface area contributed by atoms with Crippen LogP contribution >= 0.6 is 0 Å². The zero-order valence-electron chi connectivity index (χ0n) is 23.4. The van der Waals surface area contributed by atoms with Gasteiger partial charge in [-0.3, -0.25) is 0 Å². The van der Waals surface area contributed by atoms with Gasteiger partial charge in [-0.25, -0.2) is 18.0 Å². The molecule has 1 atom stereocenters. The Morgan fingerprint density at radius 3 is 2.41 bits per heavy atom. The van der Waals surface area contributed by atoms with Gasteiger partial charge in [0.25, 0.3) is 0 Å². The number of hydrogen-bond donors (Lipinski definition) is 1. The van der Waals surface area contributed by atoms with Crippen LogP contribution in [-0.2, 0) is 4.74 Å². The molecule has 1 unspecified atom stereocenters. The molecule has 1 saturated carbocycles. The molecule has 0 bridgehead atoms. The molecule has 3 aromatic carbocycles. The second-order valence-electron chi connectivity index (χ2n) is 10.6. The lowest BCUT2D eigenvalue weighted by Gasteiger charge is -2.29. The SMILES string of the molecule is C=CCCCOc1ccc(C2CCC(OC(=O)c3ccc(-c4ccc(C(O)CCC)cc4)c(F)c3F)CC2)c(F)c1. The van der Waals surface area contributed by atoms with Crippen LogP contribution < -0.4 is 4.74 Å². The first-order chi connectivity index (χ1) is 19.8. The number of carbonyl (C=O) groups is 1. The van der Waals surface area contributed by atoms with Crippen LogP contribution in [0.25, 0.3) is 11.1 Å². The minimum absolute atomic E-state index is 0.0197. The molecule has 0 spiro atoms. The largest absolute Gasteiger partial charge is 0.493 e. The standard InChI is InChI=1S/C34H37F3O4/c1-3-5-6-20-40-26-16-17-27(30(35)21-26)22-12-14-25(15-13-22)41-34(39)29-19-18-28(32(36)33(29)37)23-8-10-24(11-9-23)31(38)7-4-2/h3,8-11,16-19,21-22,25,31,38H,1,4-7,12-15,20H2,2H3. The Hall–Kier alpha value is -3.58. The highest BCUT2D eigenvalue weighted by Gasteiger charge is 2.29. The summed E-state index contributed by atoms with van der Waals surface area (Å²) in [5.74, 6) is -3.17. The van der Waals surface area contributed by atoms with E-state index in [0.29, 0.717) is 61.2 Å². The van der Waals surface area contributed by atoms with E-state index in [-0.39, 0.29) is 17.3 Å². The van der Waals surface area contributed by atoms with Crippen molar-refractivity contribution in [2.75, 3.05) is 6.61 Å². The lowest BCUT2D eigenvalue weighted by atomic mass is 9.82. The van der Waals surface area contributed by atoms with Gasteiger partial charge in [0.1, 0.15) is 17.7 Å². The third kappa shape index (κ3) is 7.59. The van der Waals surface area contributed by atoms with Gasteiger partial charge in [0.2, 0.25) is 0 Å². The van der Waals surface area contributed by atoms with Crippen molar-refractivity contribution in [3.05, 3.63) is 101 Å². The van der Waals surface area contributed by atoms with Gasteiger partial charge in [0, 0.05) is 11.6 Å². The Bertz CT molecular complexity index is 1330. The van der Waals surface area contributed by atoms with Crippen molar-refractivity contribution in [2.45, 2.75) is 76.4 Å². The van der Waals surface area contributed by atoms with E-state index in [0.717, 1.165) is 19.3 Å². The first-order valence-corrected chi connectivity index (χ1v) is 14.3. The van der Waals surface area contributed by atoms with E-state index in [4.69, 9.17) is 9.47 Å². The molecular formula is C34H37F3O4. The van der Waals surface area contributed by atoms with Gasteiger partial charge >= 0.3 is 5.97 Å². The van der Waals surface area contributed by atoms with Crippen molar-refractivity contribution in [3.8, 4) is 16.9 Å². The fraction of sp³-hybridized carbons (Fsp3) is 0.382. The number of rotatable bonds is 12. The first kappa shape index (κ1) is 30.4. The molecule has 3 aromatic rings. The van der Waals surface area contributed by atoms with Crippen LogP contribution in [0, 0.1) is 17.5 Å². The highest BCUT2D eigenvalue weighted by Crippen LogP contribution is 2.37. The average Bonchev–Trinajstić information content (AvgIpc) is 2.97. The quantitative estimate of drug-likeness (QED) is 0.135. The Morgan fingerprint density at radius 1 is 1.02 bits per heavy atom. The zero-order valence-corrected chi connectivity index (χ0v) is 23.4. The van der Waals surface area contributed by atoms with Crippen molar-refractivity contribution >= 4 is 5.97 Å². The van der Waals surface area contributed by atoms with Crippen molar-refractivity contribution in [2.24, 2.45) is 0 Å². The molecule has 0 radical (unpaired) electrons. The van der Waals surface area contributed by atoms with E-state index in [9.17, 15) is 23.1 Å². The lowest BCUT2D eigenvalue weighted by Crippen LogP contribution is -2.25. The number of esters is 1. The minimum Gasteiger partial charge on any atom is -0.493 e. The average molecular weight is 567 g/mol. The summed E-state index contributed by atoms with van der Waals surface area (Å²) < 4.78 is 55.9. The van der Waals surface area contributed by atoms with Crippen molar-refractivity contribution in [1.82, 2.24) is 0 Å². The van der Waals surface area contributed by atoms with Crippen molar-refractivity contribution in [1.29, 1.82) is 0 Å². The van der Waals surface area contributed by atoms with Crippen LogP contribution in [0.2, 0.25) is 0 Å². The number of carbonyl (C=O) groups excluding carboxylic acids is 1. The van der Waals surface area contributed by atoms with E-state index in [1.807, 2.05) is 13.0 Å². The van der Waals surface area contributed by atoms with Crippen LogP contribution in [-0.4, -0.2) is 23.8 Å². The summed E-state index contributed by atoms with van der Waals surface area (Å²) in [5.41, 5.74) is 1.30. The van der Waals surface area contributed by atoms with Crippen LogP contribution in [0.1, 0.15) is 91.8 Å². The molecule has 4 rings (SSSR count). The molecule has 0 aliphatic heterocycles. The molecule has 41 heavy (non-hydrogen) atoms. The Labute approximate surface area is 239 Å². The third-order valence-corrected chi connectivity index (χ3v) is 7.65. The summed E-state index contributed by atoms with van der Waals surface area (Å²) in [6.45, 7) is 6.13. The number of benzene rings is 3. The highest BCUT2D eigenvalue weighted by molar-refractivity contribution is 5.90. The fourth-order valence-corrected chi connectivity index (χ4v) is 5.31. The minimum atomic E-state index is -1.26. The number of halogens is 3. The third-order valence-electron chi connectivity index (χ3n) is 7.65. The molecule has 1 aliphatic carbocycles. The number of ether oxygens (including phenoxy) is 2. The Balaban J connectivity index is 1.34. The molecule has 218 valence electrons. The van der Waals surface area contributed by atoms with Gasteiger partial charge in [-0.1, -0.05) is 55.8 Å². The van der Waals surface area contributed by atoms with Gasteiger partial charge in [0.05, 0.1) is 18.3 Å². The monoisotopic (exact) mass is 566 g/mol.